The van der Waals surface area contributed by atoms with Gasteiger partial charge in [-0.25, -0.2) is 8.78 Å². The van der Waals surface area contributed by atoms with Gasteiger partial charge in [0.15, 0.2) is 5.11 Å². The van der Waals surface area contributed by atoms with Crippen molar-refractivity contribution in [3.63, 3.8) is 0 Å². The average Bonchev–Trinajstić information content (AvgIpc) is 3.08. The van der Waals surface area contributed by atoms with E-state index >= 15 is 0 Å². The van der Waals surface area contributed by atoms with E-state index in [1.807, 2.05) is 4.90 Å². The smallest absolute Gasteiger partial charge is 0.241 e. The van der Waals surface area contributed by atoms with Gasteiger partial charge in [-0.05, 0) is 60.1 Å². The predicted molar refractivity (Wildman–Crippen MR) is 129 cm³/mol. The molecule has 0 aliphatic carbocycles. The molecule has 1 amide bonds. The van der Waals surface area contributed by atoms with Gasteiger partial charge < -0.3 is 15.1 Å². The Morgan fingerprint density at radius 3 is 2.27 bits per heavy atom. The molecule has 2 aliphatic rings. The Morgan fingerprint density at radius 2 is 1.70 bits per heavy atom. The largest absolute Gasteiger partial charge is 0.349 e. The molecule has 0 saturated carbocycles. The van der Waals surface area contributed by atoms with Gasteiger partial charge in [0.2, 0.25) is 5.91 Å². The quantitative estimate of drug-likeness (QED) is 0.628. The Labute approximate surface area is 199 Å². The van der Waals surface area contributed by atoms with Gasteiger partial charge in [-0.1, -0.05) is 32.4 Å². The molecule has 2 N–H and O–H groups in total. The maximum Gasteiger partial charge on any atom is 0.241 e. The van der Waals surface area contributed by atoms with Crippen molar-refractivity contribution in [2.75, 3.05) is 18.4 Å². The topological polar surface area (TPSA) is 47.6 Å². The van der Waals surface area contributed by atoms with Gasteiger partial charge in [-0.3, -0.25) is 10.1 Å². The number of anilines is 1. The second kappa shape index (κ2) is 9.73. The normalized spacial score (nSPS) is 20.8. The number of thiocarbonyl (C=S) groups is 1. The molecule has 2 atom stereocenters. The summed E-state index contributed by atoms with van der Waals surface area (Å²) in [5.74, 6) is -0.256. The molecule has 2 aromatic carbocycles. The molecule has 5 nitrogen and oxygen atoms in total. The highest BCUT2D eigenvalue weighted by Gasteiger charge is 2.52. The van der Waals surface area contributed by atoms with Crippen LogP contribution in [0, 0.1) is 17.6 Å². The number of carbonyl (C=O) groups is 1. The number of amides is 1. The minimum absolute atomic E-state index is 0.106. The van der Waals surface area contributed by atoms with Crippen molar-refractivity contribution in [3.8, 4) is 0 Å². The van der Waals surface area contributed by atoms with E-state index in [0.717, 1.165) is 30.5 Å². The van der Waals surface area contributed by atoms with Crippen LogP contribution in [-0.2, 0) is 11.3 Å². The van der Waals surface area contributed by atoms with E-state index in [2.05, 4.69) is 29.4 Å². The lowest BCUT2D eigenvalue weighted by molar-refractivity contribution is -0.134. The van der Waals surface area contributed by atoms with Gasteiger partial charge in [-0.15, -0.1) is 0 Å². The number of carbonyl (C=O) groups excluding carboxylic acids is 1. The molecule has 176 valence electrons. The van der Waals surface area contributed by atoms with E-state index in [4.69, 9.17) is 12.2 Å². The Bertz CT molecular complexity index is 990. The number of piperidine rings is 1. The number of hydrogen-bond acceptors (Lipinski definition) is 3. The Hall–Kier alpha value is -2.58. The van der Waals surface area contributed by atoms with Crippen molar-refractivity contribution in [2.45, 2.75) is 51.4 Å². The summed E-state index contributed by atoms with van der Waals surface area (Å²) in [6, 6.07) is 12.2. The van der Waals surface area contributed by atoms with Gasteiger partial charge in [0.05, 0.1) is 11.7 Å². The van der Waals surface area contributed by atoms with E-state index in [0.29, 0.717) is 24.7 Å². The molecular formula is C25H30F2N4OS. The maximum atomic E-state index is 13.4. The second-order valence-corrected chi connectivity index (χ2v) is 9.40. The molecule has 2 aliphatic heterocycles. The fourth-order valence-corrected chi connectivity index (χ4v) is 4.96. The molecule has 0 radical (unpaired) electrons. The van der Waals surface area contributed by atoms with Crippen LogP contribution < -0.4 is 10.6 Å². The second-order valence-electron chi connectivity index (χ2n) is 9.01. The van der Waals surface area contributed by atoms with Crippen molar-refractivity contribution in [1.29, 1.82) is 0 Å². The standard InChI is InChI=1S/C25H30F2N4OS/c1-3-17(2)22-23(32)31(16-18-4-6-19(26)7-5-18)25(29-22)12-14-30(15-13-25)24(33)28-21-10-8-20(27)9-11-21/h4-11,17,22,29H,3,12-16H2,1-2H3,(H,28,33)/t17-,22-/m0/s1. The van der Waals surface area contributed by atoms with Crippen LogP contribution in [0.3, 0.4) is 0 Å². The van der Waals surface area contributed by atoms with Crippen molar-refractivity contribution in [2.24, 2.45) is 5.92 Å². The number of likely N-dealkylation sites (tertiary alicyclic amines) is 1. The summed E-state index contributed by atoms with van der Waals surface area (Å²) in [5.41, 5.74) is 1.19. The zero-order valence-corrected chi connectivity index (χ0v) is 19.8. The minimum atomic E-state index is -0.457. The Morgan fingerprint density at radius 1 is 1.12 bits per heavy atom. The molecule has 2 heterocycles. The highest BCUT2D eigenvalue weighted by molar-refractivity contribution is 7.80. The van der Waals surface area contributed by atoms with E-state index in [1.165, 1.54) is 24.3 Å². The van der Waals surface area contributed by atoms with Gasteiger partial charge >= 0.3 is 0 Å². The third-order valence-electron chi connectivity index (χ3n) is 6.91. The van der Waals surface area contributed by atoms with Crippen molar-refractivity contribution in [3.05, 3.63) is 65.7 Å². The number of benzene rings is 2. The summed E-state index contributed by atoms with van der Waals surface area (Å²) in [7, 11) is 0. The molecule has 8 heteroatoms. The molecule has 1 spiro atoms. The molecular weight excluding hydrogens is 442 g/mol. The number of rotatable bonds is 5. The molecule has 2 fully saturated rings. The first-order valence-electron chi connectivity index (χ1n) is 11.5. The van der Waals surface area contributed by atoms with Crippen LogP contribution in [-0.4, -0.2) is 45.6 Å². The molecule has 2 saturated heterocycles. The zero-order chi connectivity index (χ0) is 23.6. The molecule has 0 aromatic heterocycles. The highest BCUT2D eigenvalue weighted by atomic mass is 32.1. The van der Waals surface area contributed by atoms with Crippen LogP contribution in [0.15, 0.2) is 48.5 Å². The van der Waals surface area contributed by atoms with Crippen LogP contribution in [0.5, 0.6) is 0 Å². The summed E-state index contributed by atoms with van der Waals surface area (Å²) in [4.78, 5) is 17.5. The lowest BCUT2D eigenvalue weighted by Crippen LogP contribution is -2.59. The third kappa shape index (κ3) is 5.01. The number of halogens is 2. The molecule has 33 heavy (non-hydrogen) atoms. The van der Waals surface area contributed by atoms with Crippen LogP contribution in [0.1, 0.15) is 38.7 Å². The summed E-state index contributed by atoms with van der Waals surface area (Å²) >= 11 is 5.59. The van der Waals surface area contributed by atoms with Crippen LogP contribution in [0.2, 0.25) is 0 Å². The first-order chi connectivity index (χ1) is 15.8. The summed E-state index contributed by atoms with van der Waals surface area (Å²) in [5, 5.41) is 7.43. The Balaban J connectivity index is 1.48. The summed E-state index contributed by atoms with van der Waals surface area (Å²) in [6.45, 7) is 6.00. The van der Waals surface area contributed by atoms with E-state index in [1.54, 1.807) is 24.3 Å². The van der Waals surface area contributed by atoms with Crippen LogP contribution in [0.4, 0.5) is 14.5 Å². The summed E-state index contributed by atoms with van der Waals surface area (Å²) < 4.78 is 26.6. The van der Waals surface area contributed by atoms with Gasteiger partial charge in [0.1, 0.15) is 11.6 Å². The number of nitrogens with one attached hydrogen (secondary N) is 2. The first kappa shape index (κ1) is 23.6. The highest BCUT2D eigenvalue weighted by Crippen LogP contribution is 2.36. The van der Waals surface area contributed by atoms with Gasteiger partial charge in [0, 0.05) is 38.2 Å². The predicted octanol–water partition coefficient (Wildman–Crippen LogP) is 4.50. The lowest BCUT2D eigenvalue weighted by atomic mass is 9.95. The average molecular weight is 473 g/mol. The fraction of sp³-hybridized carbons (Fsp3) is 0.440. The van der Waals surface area contributed by atoms with Gasteiger partial charge in [-0.2, -0.15) is 0 Å². The van der Waals surface area contributed by atoms with Crippen LogP contribution in [0.25, 0.3) is 0 Å². The molecule has 4 rings (SSSR count). The summed E-state index contributed by atoms with van der Waals surface area (Å²) in [6.07, 6.45) is 2.35. The lowest BCUT2D eigenvalue weighted by Gasteiger charge is -2.45. The van der Waals surface area contributed by atoms with Crippen molar-refractivity contribution < 1.29 is 13.6 Å². The first-order valence-corrected chi connectivity index (χ1v) is 11.9. The molecule has 0 bridgehead atoms. The molecule has 0 unspecified atom stereocenters. The maximum absolute atomic E-state index is 13.4. The minimum Gasteiger partial charge on any atom is -0.349 e. The zero-order valence-electron chi connectivity index (χ0n) is 19.0. The van der Waals surface area contributed by atoms with Crippen LogP contribution >= 0.6 is 12.2 Å². The van der Waals surface area contributed by atoms with Crippen molar-refractivity contribution >= 4 is 28.9 Å². The third-order valence-corrected chi connectivity index (χ3v) is 7.27. The number of hydrogen-bond donors (Lipinski definition) is 2. The fourth-order valence-electron chi connectivity index (χ4n) is 4.66. The van der Waals surface area contributed by atoms with E-state index in [-0.39, 0.29) is 29.5 Å². The Kier molecular flexibility index (Phi) is 6.95. The van der Waals surface area contributed by atoms with Gasteiger partial charge in [0.25, 0.3) is 0 Å². The SMILES string of the molecule is CC[C@H](C)[C@@H]1NC2(CCN(C(=S)Nc3ccc(F)cc3)CC2)N(Cc2ccc(F)cc2)C1=O. The van der Waals surface area contributed by atoms with E-state index in [9.17, 15) is 13.6 Å². The van der Waals surface area contributed by atoms with Crippen molar-refractivity contribution in [1.82, 2.24) is 15.1 Å². The molecule has 2 aromatic rings. The monoisotopic (exact) mass is 472 g/mol. The number of nitrogens with zero attached hydrogens (tertiary/aromatic N) is 2. The van der Waals surface area contributed by atoms with E-state index < -0.39 is 5.66 Å².